The molecule has 0 spiro atoms. The number of epoxide rings is 1. The molecule has 1 heterocycles. The highest BCUT2D eigenvalue weighted by atomic mass is 16.6. The Morgan fingerprint density at radius 3 is 1.75 bits per heavy atom. The van der Waals surface area contributed by atoms with Crippen molar-refractivity contribution in [1.82, 2.24) is 0 Å². The minimum Gasteiger partial charge on any atom is -0.412 e. The quantitative estimate of drug-likeness (QED) is 0.480. The van der Waals surface area contributed by atoms with E-state index >= 15 is 0 Å². The molecule has 1 rings (SSSR count). The van der Waals surface area contributed by atoms with Crippen LogP contribution in [0.25, 0.3) is 0 Å². The first-order chi connectivity index (χ1) is 3.41. The number of hydrogen-bond acceptors (Lipinski definition) is 2. The maximum atomic E-state index is 7.88. The van der Waals surface area contributed by atoms with Crippen molar-refractivity contribution in [2.75, 3.05) is 19.8 Å². The van der Waals surface area contributed by atoms with Gasteiger partial charge in [0.1, 0.15) is 0 Å². The van der Waals surface area contributed by atoms with Crippen LogP contribution >= 0.6 is 0 Å². The zero-order valence-electron chi connectivity index (χ0n) is 5.18. The summed E-state index contributed by atoms with van der Waals surface area (Å²) >= 11 is 0. The Labute approximate surface area is 49.6 Å². The van der Waals surface area contributed by atoms with Gasteiger partial charge >= 0.3 is 0 Å². The second kappa shape index (κ2) is 9.99. The third-order valence-corrected chi connectivity index (χ3v) is 0.428. The molecule has 1 saturated heterocycles. The maximum Gasteiger partial charge on any atom is 0.0701 e. The van der Waals surface area contributed by atoms with Crippen LogP contribution in [0.3, 0.4) is 0 Å². The van der Waals surface area contributed by atoms with Crippen LogP contribution in [0, 0.1) is 0 Å². The molecule has 0 aliphatic carbocycles. The van der Waals surface area contributed by atoms with Gasteiger partial charge in [-0.1, -0.05) is 6.92 Å². The van der Waals surface area contributed by atoms with Gasteiger partial charge in [0.2, 0.25) is 0 Å². The first-order valence-electron chi connectivity index (χ1n) is 2.60. The molecule has 3 nitrogen and oxygen atoms in total. The van der Waals surface area contributed by atoms with E-state index in [1.54, 1.807) is 0 Å². The highest BCUT2D eigenvalue weighted by molar-refractivity contribution is 4.36. The van der Waals surface area contributed by atoms with Gasteiger partial charge in [-0.15, -0.1) is 0 Å². The molecule has 0 aromatic heterocycles. The first kappa shape index (κ1) is 10.8. The van der Waals surface area contributed by atoms with Crippen molar-refractivity contribution in [2.24, 2.45) is 0 Å². The van der Waals surface area contributed by atoms with E-state index in [2.05, 4.69) is 4.74 Å². The fourth-order valence-corrected chi connectivity index (χ4v) is 0. The van der Waals surface area contributed by atoms with Crippen LogP contribution in [-0.4, -0.2) is 30.4 Å². The Kier molecular flexibility index (Phi) is 13.5. The van der Waals surface area contributed by atoms with E-state index in [0.29, 0.717) is 6.61 Å². The maximum absolute atomic E-state index is 7.88. The van der Waals surface area contributed by atoms with E-state index in [1.807, 2.05) is 6.92 Å². The van der Waals surface area contributed by atoms with E-state index < -0.39 is 0 Å². The molecule has 1 aliphatic heterocycles. The minimum atomic E-state index is 0. The number of aliphatic hydroxyl groups is 1. The Hall–Kier alpha value is -0.120. The normalized spacial score (nSPS) is 12.8. The zero-order chi connectivity index (χ0) is 5.54. The molecule has 3 N–H and O–H groups in total. The van der Waals surface area contributed by atoms with Crippen molar-refractivity contribution < 1.29 is 15.3 Å². The number of aliphatic hydroxyl groups excluding tert-OH is 1. The third-order valence-electron chi connectivity index (χ3n) is 0.428. The van der Waals surface area contributed by atoms with E-state index in [0.717, 1.165) is 19.6 Å². The summed E-state index contributed by atoms with van der Waals surface area (Å²) in [5.41, 5.74) is 0. The summed E-state index contributed by atoms with van der Waals surface area (Å²) in [6.07, 6.45) is 0.875. The van der Waals surface area contributed by atoms with Crippen molar-refractivity contribution in [3.8, 4) is 0 Å². The van der Waals surface area contributed by atoms with E-state index in [1.165, 1.54) is 0 Å². The average molecular weight is 122 g/mol. The van der Waals surface area contributed by atoms with Crippen LogP contribution in [0.1, 0.15) is 13.3 Å². The second-order valence-corrected chi connectivity index (χ2v) is 1.34. The van der Waals surface area contributed by atoms with Gasteiger partial charge < -0.3 is 15.3 Å². The predicted octanol–water partition coefficient (Wildman–Crippen LogP) is -0.419. The van der Waals surface area contributed by atoms with E-state index in [4.69, 9.17) is 5.11 Å². The van der Waals surface area contributed by atoms with Crippen LogP contribution in [0.15, 0.2) is 0 Å². The van der Waals surface area contributed by atoms with Gasteiger partial charge in [-0.2, -0.15) is 0 Å². The van der Waals surface area contributed by atoms with Gasteiger partial charge in [0.15, 0.2) is 0 Å². The van der Waals surface area contributed by atoms with Crippen LogP contribution in [0.5, 0.6) is 0 Å². The molecule has 0 amide bonds. The molecule has 0 saturated carbocycles. The van der Waals surface area contributed by atoms with Crippen LogP contribution in [-0.2, 0) is 4.74 Å². The van der Waals surface area contributed by atoms with Crippen molar-refractivity contribution in [1.29, 1.82) is 0 Å². The predicted molar refractivity (Wildman–Crippen MR) is 31.8 cm³/mol. The Morgan fingerprint density at radius 1 is 1.50 bits per heavy atom. The molecule has 1 fully saturated rings. The number of hydrogen-bond donors (Lipinski definition) is 1. The fourth-order valence-electron chi connectivity index (χ4n) is 0. The summed E-state index contributed by atoms with van der Waals surface area (Å²) in [7, 11) is 0. The molecule has 0 unspecified atom stereocenters. The number of ether oxygens (including phenoxy) is 1. The first-order valence-corrected chi connectivity index (χ1v) is 2.60. The summed E-state index contributed by atoms with van der Waals surface area (Å²) in [5, 5.41) is 7.88. The molecule has 8 heavy (non-hydrogen) atoms. The van der Waals surface area contributed by atoms with Crippen molar-refractivity contribution in [2.45, 2.75) is 13.3 Å². The van der Waals surface area contributed by atoms with Gasteiger partial charge in [-0.25, -0.2) is 0 Å². The van der Waals surface area contributed by atoms with Gasteiger partial charge in [0, 0.05) is 6.61 Å². The highest BCUT2D eigenvalue weighted by Gasteiger charge is 1.94. The second-order valence-electron chi connectivity index (χ2n) is 1.34. The highest BCUT2D eigenvalue weighted by Crippen LogP contribution is 1.84. The monoisotopic (exact) mass is 122 g/mol. The third kappa shape index (κ3) is 39.6. The molecule has 0 atom stereocenters. The molecule has 3 heteroatoms. The molecule has 1 aliphatic rings. The van der Waals surface area contributed by atoms with Crippen molar-refractivity contribution in [3.05, 3.63) is 0 Å². The zero-order valence-corrected chi connectivity index (χ0v) is 5.18. The van der Waals surface area contributed by atoms with Gasteiger partial charge in [-0.3, -0.25) is 0 Å². The molecule has 0 bridgehead atoms. The average Bonchev–Trinajstić information content (AvgIpc) is 2.47. The summed E-state index contributed by atoms with van der Waals surface area (Å²) in [6, 6.07) is 0. The Bertz CT molecular complexity index is 24.1. The molecule has 0 aromatic carbocycles. The lowest BCUT2D eigenvalue weighted by molar-refractivity contribution is 0.295. The Morgan fingerprint density at radius 2 is 1.75 bits per heavy atom. The lowest BCUT2D eigenvalue weighted by Gasteiger charge is -1.69. The molecule has 0 radical (unpaired) electrons. The minimum absolute atomic E-state index is 0. The van der Waals surface area contributed by atoms with Gasteiger partial charge in [0.25, 0.3) is 0 Å². The van der Waals surface area contributed by atoms with Crippen LogP contribution in [0.4, 0.5) is 0 Å². The smallest absolute Gasteiger partial charge is 0.0701 e. The van der Waals surface area contributed by atoms with E-state index in [-0.39, 0.29) is 5.48 Å². The molecule has 0 aromatic rings. The van der Waals surface area contributed by atoms with Crippen molar-refractivity contribution in [3.63, 3.8) is 0 Å². The summed E-state index contributed by atoms with van der Waals surface area (Å²) in [6.45, 7) is 4.25. The largest absolute Gasteiger partial charge is 0.412 e. The summed E-state index contributed by atoms with van der Waals surface area (Å²) in [5.74, 6) is 0. The molecular formula is C5H14O3. The standard InChI is InChI=1S/C3H8O.C2H4O.H2O/c1-2-3-4;1-2-3-1;/h4H,2-3H2,1H3;1-2H2;1H2. The lowest BCUT2D eigenvalue weighted by atomic mass is 10.5. The number of rotatable bonds is 1. The summed E-state index contributed by atoms with van der Waals surface area (Å²) in [4.78, 5) is 0. The van der Waals surface area contributed by atoms with Crippen molar-refractivity contribution >= 4 is 0 Å². The lowest BCUT2D eigenvalue weighted by Crippen LogP contribution is -1.69. The fraction of sp³-hybridized carbons (Fsp3) is 1.00. The van der Waals surface area contributed by atoms with Crippen LogP contribution < -0.4 is 0 Å². The Balaban J connectivity index is 0. The van der Waals surface area contributed by atoms with E-state index in [9.17, 15) is 0 Å². The van der Waals surface area contributed by atoms with Crippen LogP contribution in [0.2, 0.25) is 0 Å². The van der Waals surface area contributed by atoms with Gasteiger partial charge in [-0.05, 0) is 6.42 Å². The summed E-state index contributed by atoms with van der Waals surface area (Å²) < 4.78 is 4.50. The SMILES string of the molecule is C1CO1.CCCO.O. The molecular weight excluding hydrogens is 108 g/mol. The van der Waals surface area contributed by atoms with Gasteiger partial charge in [0.05, 0.1) is 13.2 Å². The topological polar surface area (TPSA) is 64.3 Å². The molecule has 52 valence electrons.